The number of nitrogen functional groups attached to an aromatic ring is 1. The molecule has 5 heteroatoms. The van der Waals surface area contributed by atoms with E-state index in [4.69, 9.17) is 10.5 Å². The molecule has 0 fully saturated rings. The number of hydrogen-bond donors (Lipinski definition) is 1. The molecule has 0 radical (unpaired) electrons. The molecule has 1 aromatic heterocycles. The number of rotatable bonds is 4. The molecular formula is C15H18FN3O. The third kappa shape index (κ3) is 3.17. The first-order valence-electron chi connectivity index (χ1n) is 6.40. The number of hydrogen-bond acceptors (Lipinski definition) is 4. The number of benzene rings is 1. The lowest BCUT2D eigenvalue weighted by atomic mass is 10.3. The van der Waals surface area contributed by atoms with Crippen LogP contribution in [0.1, 0.15) is 13.8 Å². The summed E-state index contributed by atoms with van der Waals surface area (Å²) in [7, 11) is 1.81. The Hall–Kier alpha value is -2.30. The van der Waals surface area contributed by atoms with Crippen molar-refractivity contribution in [3.8, 4) is 5.88 Å². The van der Waals surface area contributed by atoms with Crippen molar-refractivity contribution in [2.45, 2.75) is 20.0 Å². The highest BCUT2D eigenvalue weighted by atomic mass is 19.1. The van der Waals surface area contributed by atoms with Crippen LogP contribution in [0.5, 0.6) is 5.88 Å². The topological polar surface area (TPSA) is 51.4 Å². The molecule has 0 aliphatic heterocycles. The predicted octanol–water partition coefficient (Wildman–Crippen LogP) is 3.36. The van der Waals surface area contributed by atoms with Crippen LogP contribution in [0.4, 0.5) is 21.6 Å². The summed E-state index contributed by atoms with van der Waals surface area (Å²) in [6.07, 6.45) is -0.0143. The molecule has 0 amide bonds. The lowest BCUT2D eigenvalue weighted by Crippen LogP contribution is -2.14. The van der Waals surface area contributed by atoms with E-state index in [9.17, 15) is 4.39 Å². The van der Waals surface area contributed by atoms with Crippen molar-refractivity contribution in [3.05, 3.63) is 42.2 Å². The molecule has 20 heavy (non-hydrogen) atoms. The van der Waals surface area contributed by atoms with Crippen LogP contribution in [0.25, 0.3) is 0 Å². The Bertz CT molecular complexity index is 601. The third-order valence-electron chi connectivity index (χ3n) is 2.76. The number of pyridine rings is 1. The minimum atomic E-state index is -0.288. The van der Waals surface area contributed by atoms with Gasteiger partial charge in [-0.05, 0) is 44.2 Å². The molecule has 2 N–H and O–H groups in total. The zero-order valence-electron chi connectivity index (χ0n) is 11.8. The molecule has 4 nitrogen and oxygen atoms in total. The van der Waals surface area contributed by atoms with Crippen molar-refractivity contribution in [3.63, 3.8) is 0 Å². The number of anilines is 3. The summed E-state index contributed by atoms with van der Waals surface area (Å²) in [5.74, 6) is 0.740. The van der Waals surface area contributed by atoms with Gasteiger partial charge >= 0.3 is 0 Å². The second-order valence-corrected chi connectivity index (χ2v) is 4.77. The largest absolute Gasteiger partial charge is 0.473 e. The lowest BCUT2D eigenvalue weighted by Gasteiger charge is -2.20. The van der Waals surface area contributed by atoms with E-state index in [0.717, 1.165) is 0 Å². The van der Waals surface area contributed by atoms with E-state index in [1.807, 2.05) is 27.0 Å². The van der Waals surface area contributed by atoms with Gasteiger partial charge in [0.15, 0.2) is 0 Å². The quantitative estimate of drug-likeness (QED) is 0.929. The molecule has 0 spiro atoms. The molecule has 106 valence electrons. The van der Waals surface area contributed by atoms with Crippen LogP contribution in [0.15, 0.2) is 36.4 Å². The highest BCUT2D eigenvalue weighted by Gasteiger charge is 2.11. The first-order chi connectivity index (χ1) is 9.47. The van der Waals surface area contributed by atoms with Crippen molar-refractivity contribution in [1.29, 1.82) is 0 Å². The van der Waals surface area contributed by atoms with E-state index >= 15 is 0 Å². The number of ether oxygens (including phenoxy) is 1. The zero-order valence-corrected chi connectivity index (χ0v) is 11.8. The molecule has 0 saturated heterocycles. The van der Waals surface area contributed by atoms with Gasteiger partial charge in [0.2, 0.25) is 5.88 Å². The molecule has 2 aromatic rings. The average molecular weight is 275 g/mol. The van der Waals surface area contributed by atoms with Crippen LogP contribution in [0, 0.1) is 5.82 Å². The Morgan fingerprint density at radius 3 is 2.65 bits per heavy atom. The van der Waals surface area contributed by atoms with E-state index < -0.39 is 0 Å². The molecule has 2 rings (SSSR count). The fourth-order valence-electron chi connectivity index (χ4n) is 1.76. The van der Waals surface area contributed by atoms with E-state index in [2.05, 4.69) is 4.98 Å². The summed E-state index contributed by atoms with van der Waals surface area (Å²) < 4.78 is 18.8. The third-order valence-corrected chi connectivity index (χ3v) is 2.76. The average Bonchev–Trinajstić information content (AvgIpc) is 2.40. The van der Waals surface area contributed by atoms with Crippen LogP contribution in [0.3, 0.4) is 0 Å². The number of nitrogens with two attached hydrogens (primary N) is 1. The van der Waals surface area contributed by atoms with Gasteiger partial charge in [-0.3, -0.25) is 0 Å². The normalized spacial score (nSPS) is 10.7. The van der Waals surface area contributed by atoms with Gasteiger partial charge in [0.05, 0.1) is 11.8 Å². The number of halogens is 1. The standard InChI is InChI=1S/C15H18FN3O/c1-10(2)20-15-13(17)7-8-14(18-15)19(3)12-6-4-5-11(16)9-12/h4-10H,17H2,1-3H3. The predicted molar refractivity (Wildman–Crippen MR) is 78.9 cm³/mol. The maximum absolute atomic E-state index is 13.3. The Labute approximate surface area is 118 Å². The second-order valence-electron chi connectivity index (χ2n) is 4.77. The van der Waals surface area contributed by atoms with Crippen LogP contribution < -0.4 is 15.4 Å². The maximum atomic E-state index is 13.3. The molecule has 0 atom stereocenters. The minimum Gasteiger partial charge on any atom is -0.473 e. The van der Waals surface area contributed by atoms with E-state index in [1.54, 1.807) is 23.1 Å². The highest BCUT2D eigenvalue weighted by Crippen LogP contribution is 2.27. The summed E-state index contributed by atoms with van der Waals surface area (Å²) in [5.41, 5.74) is 7.02. The van der Waals surface area contributed by atoms with Gasteiger partial charge in [0.1, 0.15) is 11.6 Å². The minimum absolute atomic E-state index is 0.0143. The smallest absolute Gasteiger partial charge is 0.239 e. The van der Waals surface area contributed by atoms with E-state index in [0.29, 0.717) is 23.1 Å². The monoisotopic (exact) mass is 275 g/mol. The summed E-state index contributed by atoms with van der Waals surface area (Å²) in [6.45, 7) is 3.81. The van der Waals surface area contributed by atoms with Crippen LogP contribution in [-0.4, -0.2) is 18.1 Å². The Morgan fingerprint density at radius 2 is 2.00 bits per heavy atom. The number of aromatic nitrogens is 1. The van der Waals surface area contributed by atoms with Gasteiger partial charge in [0.25, 0.3) is 0 Å². The maximum Gasteiger partial charge on any atom is 0.239 e. The van der Waals surface area contributed by atoms with Crippen LogP contribution in [-0.2, 0) is 0 Å². The molecule has 1 heterocycles. The summed E-state index contributed by atoms with van der Waals surface area (Å²) in [4.78, 5) is 6.15. The van der Waals surface area contributed by atoms with Crippen molar-refractivity contribution in [2.24, 2.45) is 0 Å². The Kier molecular flexibility index (Phi) is 4.08. The molecule has 0 unspecified atom stereocenters. The summed E-state index contributed by atoms with van der Waals surface area (Å²) in [5, 5.41) is 0. The van der Waals surface area contributed by atoms with Crippen molar-refractivity contribution < 1.29 is 9.13 Å². The molecule has 1 aromatic carbocycles. The first-order valence-corrected chi connectivity index (χ1v) is 6.40. The van der Waals surface area contributed by atoms with E-state index in [1.165, 1.54) is 12.1 Å². The van der Waals surface area contributed by atoms with Gasteiger partial charge in [-0.1, -0.05) is 6.07 Å². The summed E-state index contributed by atoms with van der Waals surface area (Å²) in [6, 6.07) is 9.82. The van der Waals surface area contributed by atoms with Gasteiger partial charge in [-0.2, -0.15) is 4.98 Å². The van der Waals surface area contributed by atoms with Crippen molar-refractivity contribution >= 4 is 17.2 Å². The SMILES string of the molecule is CC(C)Oc1nc(N(C)c2cccc(F)c2)ccc1N. The highest BCUT2D eigenvalue weighted by molar-refractivity contribution is 5.62. The van der Waals surface area contributed by atoms with Gasteiger partial charge < -0.3 is 15.4 Å². The Balaban J connectivity index is 2.32. The second kappa shape index (κ2) is 5.77. The van der Waals surface area contributed by atoms with Crippen molar-refractivity contribution in [1.82, 2.24) is 4.98 Å². The Morgan fingerprint density at radius 1 is 1.25 bits per heavy atom. The van der Waals surface area contributed by atoms with E-state index in [-0.39, 0.29) is 11.9 Å². The van der Waals surface area contributed by atoms with Crippen molar-refractivity contribution in [2.75, 3.05) is 17.7 Å². The fraction of sp³-hybridized carbons (Fsp3) is 0.267. The van der Waals surface area contributed by atoms with Crippen LogP contribution in [0.2, 0.25) is 0 Å². The van der Waals surface area contributed by atoms with Gasteiger partial charge in [-0.25, -0.2) is 4.39 Å². The molecule has 0 bridgehead atoms. The first kappa shape index (κ1) is 14.1. The molecule has 0 saturated carbocycles. The van der Waals surface area contributed by atoms with Gasteiger partial charge in [-0.15, -0.1) is 0 Å². The van der Waals surface area contributed by atoms with Gasteiger partial charge in [0, 0.05) is 12.7 Å². The van der Waals surface area contributed by atoms with Crippen LogP contribution >= 0.6 is 0 Å². The fourth-order valence-corrected chi connectivity index (χ4v) is 1.76. The lowest BCUT2D eigenvalue weighted by molar-refractivity contribution is 0.234. The number of nitrogens with zero attached hydrogens (tertiary/aromatic N) is 2. The summed E-state index contributed by atoms with van der Waals surface area (Å²) >= 11 is 0. The molecular weight excluding hydrogens is 257 g/mol. The molecule has 0 aliphatic rings. The zero-order chi connectivity index (χ0) is 14.7. The molecule has 0 aliphatic carbocycles.